The molecule has 0 spiro atoms. The van der Waals surface area contributed by atoms with Gasteiger partial charge in [0.15, 0.2) is 5.96 Å². The van der Waals surface area contributed by atoms with Crippen LogP contribution in [0.1, 0.15) is 93.3 Å². The number of nitrogens with one attached hydrogen (secondary N) is 1. The van der Waals surface area contributed by atoms with E-state index in [2.05, 4.69) is 36.7 Å². The maximum Gasteiger partial charge on any atom is 0.194 e. The van der Waals surface area contributed by atoms with Gasteiger partial charge < -0.3 is 10.2 Å². The van der Waals surface area contributed by atoms with E-state index in [1.54, 1.807) is 0 Å². The molecular formula is C21H45N3S. The van der Waals surface area contributed by atoms with Crippen LogP contribution in [0.5, 0.6) is 0 Å². The lowest BCUT2D eigenvalue weighted by atomic mass is 9.95. The van der Waals surface area contributed by atoms with Crippen LogP contribution in [0.2, 0.25) is 0 Å². The molecule has 2 saturated carbocycles. The molecule has 1 unspecified atom stereocenters. The van der Waals surface area contributed by atoms with Crippen LogP contribution in [0.3, 0.4) is 0 Å². The molecule has 2 aliphatic carbocycles. The normalized spacial score (nSPS) is 21.2. The van der Waals surface area contributed by atoms with E-state index < -0.39 is 0 Å². The molecule has 0 aromatic heterocycles. The summed E-state index contributed by atoms with van der Waals surface area (Å²) in [5, 5.41) is 3.83. The Balaban J connectivity index is 0.00000201. The van der Waals surface area contributed by atoms with E-state index in [0.717, 1.165) is 18.8 Å². The lowest BCUT2D eigenvalue weighted by Crippen LogP contribution is -2.48. The summed E-state index contributed by atoms with van der Waals surface area (Å²) in [6, 6.07) is 1.17. The molecule has 4 heteroatoms. The average Bonchev–Trinajstić information content (AvgIpc) is 2.68. The minimum Gasteiger partial charge on any atom is -0.353 e. The molecule has 2 aliphatic rings. The Hall–Kier alpha value is -0.380. The maximum absolute atomic E-state index is 5.19. The molecule has 1 N–H and O–H groups in total. The molecular weight excluding hydrogens is 326 g/mol. The summed E-state index contributed by atoms with van der Waals surface area (Å²) in [7, 11) is 0. The quantitative estimate of drug-likeness (QED) is 0.353. The molecule has 0 aromatic rings. The van der Waals surface area contributed by atoms with E-state index in [1.807, 2.05) is 13.8 Å². The molecule has 25 heavy (non-hydrogen) atoms. The van der Waals surface area contributed by atoms with Crippen molar-refractivity contribution in [2.75, 3.05) is 18.8 Å². The second-order valence-electron chi connectivity index (χ2n) is 7.55. The van der Waals surface area contributed by atoms with Crippen LogP contribution in [0, 0.1) is 5.92 Å². The molecule has 2 rings (SSSR count). The molecule has 150 valence electrons. The van der Waals surface area contributed by atoms with Gasteiger partial charge in [-0.1, -0.05) is 59.3 Å². The lowest BCUT2D eigenvalue weighted by Gasteiger charge is -2.33. The number of hydrogen-bond acceptors (Lipinski definition) is 2. The third-order valence-corrected chi connectivity index (χ3v) is 5.97. The van der Waals surface area contributed by atoms with Gasteiger partial charge in [0.2, 0.25) is 0 Å². The monoisotopic (exact) mass is 371 g/mol. The lowest BCUT2D eigenvalue weighted by molar-refractivity contribution is 0.340. The van der Waals surface area contributed by atoms with E-state index in [-0.39, 0.29) is 1.43 Å². The first kappa shape index (κ1) is 22.7. The highest BCUT2D eigenvalue weighted by Gasteiger charge is 2.21. The van der Waals surface area contributed by atoms with Crippen LogP contribution in [0.25, 0.3) is 0 Å². The Labute approximate surface area is 164 Å². The molecule has 0 amide bonds. The smallest absolute Gasteiger partial charge is 0.194 e. The Morgan fingerprint density at radius 2 is 1.64 bits per heavy atom. The fourth-order valence-corrected chi connectivity index (χ4v) is 3.94. The Morgan fingerprint density at radius 1 is 1.08 bits per heavy atom. The van der Waals surface area contributed by atoms with Crippen molar-refractivity contribution in [3.05, 3.63) is 0 Å². The summed E-state index contributed by atoms with van der Waals surface area (Å²) in [5.74, 6) is 2.72. The highest BCUT2D eigenvalue weighted by molar-refractivity contribution is 7.80. The van der Waals surface area contributed by atoms with Gasteiger partial charge in [0.25, 0.3) is 0 Å². The number of thiol groups is 1. The van der Waals surface area contributed by atoms with Gasteiger partial charge in [0.05, 0.1) is 6.04 Å². The third-order valence-electron chi connectivity index (χ3n) is 5.34. The summed E-state index contributed by atoms with van der Waals surface area (Å²) >= 11 is 4.47. The van der Waals surface area contributed by atoms with Gasteiger partial charge >= 0.3 is 0 Å². The van der Waals surface area contributed by atoms with E-state index in [0.29, 0.717) is 18.0 Å². The van der Waals surface area contributed by atoms with Crippen molar-refractivity contribution < 1.29 is 1.43 Å². The van der Waals surface area contributed by atoms with Crippen LogP contribution < -0.4 is 5.32 Å². The predicted octanol–water partition coefficient (Wildman–Crippen LogP) is 5.76. The summed E-state index contributed by atoms with van der Waals surface area (Å²) in [5.41, 5.74) is 0. The minimum atomic E-state index is 0. The fraction of sp³-hybridized carbons (Fsp3) is 0.952. The van der Waals surface area contributed by atoms with Crippen molar-refractivity contribution in [2.24, 2.45) is 10.9 Å². The van der Waals surface area contributed by atoms with Gasteiger partial charge in [-0.15, -0.1) is 0 Å². The molecule has 2 fully saturated rings. The number of rotatable bonds is 6. The SMILES string of the molecule is CC.CCN(CC(C)CS)C(=NC1CCCCC1)NC1CCCCC1.[HH]. The zero-order valence-corrected chi connectivity index (χ0v) is 18.2. The van der Waals surface area contributed by atoms with Crippen LogP contribution in [-0.2, 0) is 0 Å². The highest BCUT2D eigenvalue weighted by atomic mass is 32.1. The number of guanidine groups is 1. The summed E-state index contributed by atoms with van der Waals surface area (Å²) in [6.07, 6.45) is 13.4. The molecule has 0 aliphatic heterocycles. The Morgan fingerprint density at radius 3 is 2.16 bits per heavy atom. The van der Waals surface area contributed by atoms with Crippen molar-refractivity contribution >= 4 is 18.6 Å². The van der Waals surface area contributed by atoms with Crippen LogP contribution in [-0.4, -0.2) is 41.8 Å². The molecule has 0 radical (unpaired) electrons. The molecule has 1 atom stereocenters. The Bertz CT molecular complexity index is 353. The average molecular weight is 372 g/mol. The molecule has 0 saturated heterocycles. The van der Waals surface area contributed by atoms with Crippen molar-refractivity contribution in [2.45, 2.75) is 104 Å². The summed E-state index contributed by atoms with van der Waals surface area (Å²) in [4.78, 5) is 7.66. The largest absolute Gasteiger partial charge is 0.353 e. The predicted molar refractivity (Wildman–Crippen MR) is 118 cm³/mol. The van der Waals surface area contributed by atoms with Gasteiger partial charge in [0.1, 0.15) is 0 Å². The highest BCUT2D eigenvalue weighted by Crippen LogP contribution is 2.22. The van der Waals surface area contributed by atoms with Gasteiger partial charge in [-0.3, -0.25) is 0 Å². The fourth-order valence-electron chi connectivity index (χ4n) is 3.82. The van der Waals surface area contributed by atoms with Gasteiger partial charge in [0, 0.05) is 20.6 Å². The molecule has 0 heterocycles. The second kappa shape index (κ2) is 13.8. The van der Waals surface area contributed by atoms with Crippen molar-refractivity contribution in [1.82, 2.24) is 10.2 Å². The van der Waals surface area contributed by atoms with Gasteiger partial charge in [-0.2, -0.15) is 12.6 Å². The van der Waals surface area contributed by atoms with Crippen molar-refractivity contribution in [3.63, 3.8) is 0 Å². The first-order valence-corrected chi connectivity index (χ1v) is 11.6. The number of hydrogen-bond donors (Lipinski definition) is 2. The van der Waals surface area contributed by atoms with E-state index >= 15 is 0 Å². The third kappa shape index (κ3) is 8.70. The summed E-state index contributed by atoms with van der Waals surface area (Å²) in [6.45, 7) is 10.6. The van der Waals surface area contributed by atoms with Crippen LogP contribution >= 0.6 is 12.6 Å². The zero-order chi connectivity index (χ0) is 18.5. The maximum atomic E-state index is 5.19. The van der Waals surface area contributed by atoms with E-state index in [4.69, 9.17) is 4.99 Å². The second-order valence-corrected chi connectivity index (χ2v) is 7.92. The Kier molecular flexibility index (Phi) is 12.5. The number of nitrogens with zero attached hydrogens (tertiary/aromatic N) is 2. The van der Waals surface area contributed by atoms with Gasteiger partial charge in [-0.25, -0.2) is 4.99 Å². The first-order chi connectivity index (χ1) is 12.2. The van der Waals surface area contributed by atoms with Crippen molar-refractivity contribution in [3.8, 4) is 0 Å². The first-order valence-electron chi connectivity index (χ1n) is 10.9. The van der Waals surface area contributed by atoms with E-state index in [9.17, 15) is 0 Å². The molecule has 3 nitrogen and oxygen atoms in total. The van der Waals surface area contributed by atoms with Crippen LogP contribution in [0.4, 0.5) is 0 Å². The van der Waals surface area contributed by atoms with Crippen LogP contribution in [0.15, 0.2) is 4.99 Å². The topological polar surface area (TPSA) is 27.6 Å². The zero-order valence-electron chi connectivity index (χ0n) is 17.3. The van der Waals surface area contributed by atoms with E-state index in [1.165, 1.54) is 70.2 Å². The van der Waals surface area contributed by atoms with Crippen molar-refractivity contribution in [1.29, 1.82) is 0 Å². The van der Waals surface area contributed by atoms with Gasteiger partial charge in [-0.05, 0) is 44.3 Å². The standard InChI is InChI=1S/C19H37N3S.C2H6.H2/c1-3-22(14-16(2)15-23)19(20-17-10-6-4-7-11-17)21-18-12-8-5-9-13-18;1-2;/h16-18,23H,3-15H2,1-2H3,(H,20,21);1-2H3;1H. The molecule has 0 bridgehead atoms. The minimum absolute atomic E-state index is 0. The molecule has 0 aromatic carbocycles. The number of aliphatic imine (C=N–C) groups is 1. The summed E-state index contributed by atoms with van der Waals surface area (Å²) < 4.78 is 0.